The van der Waals surface area contributed by atoms with Crippen LogP contribution >= 0.6 is 0 Å². The first-order valence-corrected chi connectivity index (χ1v) is 7.08. The van der Waals surface area contributed by atoms with Crippen LogP contribution in [0.25, 0.3) is 0 Å². The molecule has 0 amide bonds. The Morgan fingerprint density at radius 2 is 1.95 bits per heavy atom. The van der Waals surface area contributed by atoms with E-state index in [1.807, 2.05) is 12.1 Å². The fourth-order valence-electron chi connectivity index (χ4n) is 2.75. The Labute approximate surface area is 116 Å². The SMILES string of the molecule is COc1ccc(CN2CCNCC2C(C)(C)C)cc1. The van der Waals surface area contributed by atoms with Crippen LogP contribution in [-0.4, -0.2) is 37.7 Å². The number of hydrogen-bond acceptors (Lipinski definition) is 3. The zero-order valence-electron chi connectivity index (χ0n) is 12.6. The van der Waals surface area contributed by atoms with Gasteiger partial charge in [0.05, 0.1) is 7.11 Å². The highest BCUT2D eigenvalue weighted by molar-refractivity contribution is 5.27. The molecule has 19 heavy (non-hydrogen) atoms. The summed E-state index contributed by atoms with van der Waals surface area (Å²) in [5.74, 6) is 0.927. The summed E-state index contributed by atoms with van der Waals surface area (Å²) in [7, 11) is 1.71. The van der Waals surface area contributed by atoms with E-state index in [0.717, 1.165) is 31.9 Å². The van der Waals surface area contributed by atoms with Crippen LogP contribution in [0.15, 0.2) is 24.3 Å². The standard InChI is InChI=1S/C16H26N2O/c1-16(2,3)15-11-17-9-10-18(15)12-13-5-7-14(19-4)8-6-13/h5-8,15,17H,9-12H2,1-4H3. The minimum absolute atomic E-state index is 0.305. The summed E-state index contributed by atoms with van der Waals surface area (Å²) in [6.45, 7) is 11.3. The van der Waals surface area contributed by atoms with Crippen molar-refractivity contribution in [3.05, 3.63) is 29.8 Å². The quantitative estimate of drug-likeness (QED) is 0.906. The Morgan fingerprint density at radius 3 is 2.53 bits per heavy atom. The highest BCUT2D eigenvalue weighted by atomic mass is 16.5. The maximum Gasteiger partial charge on any atom is 0.118 e. The highest BCUT2D eigenvalue weighted by Gasteiger charge is 2.32. The molecule has 0 radical (unpaired) electrons. The maximum atomic E-state index is 5.21. The first-order chi connectivity index (χ1) is 9.00. The minimum Gasteiger partial charge on any atom is -0.497 e. The van der Waals surface area contributed by atoms with Gasteiger partial charge in [-0.05, 0) is 23.1 Å². The monoisotopic (exact) mass is 262 g/mol. The second-order valence-corrected chi connectivity index (χ2v) is 6.40. The lowest BCUT2D eigenvalue weighted by atomic mass is 9.84. The van der Waals surface area contributed by atoms with Gasteiger partial charge in [-0.2, -0.15) is 0 Å². The summed E-state index contributed by atoms with van der Waals surface area (Å²) in [5, 5.41) is 3.51. The van der Waals surface area contributed by atoms with E-state index in [-0.39, 0.29) is 0 Å². The second kappa shape index (κ2) is 5.93. The smallest absolute Gasteiger partial charge is 0.118 e. The molecule has 1 saturated heterocycles. The zero-order chi connectivity index (χ0) is 13.9. The Balaban J connectivity index is 2.06. The molecule has 1 aliphatic heterocycles. The molecular formula is C16H26N2O. The van der Waals surface area contributed by atoms with Crippen LogP contribution < -0.4 is 10.1 Å². The molecule has 106 valence electrons. The van der Waals surface area contributed by atoms with Crippen molar-refractivity contribution in [2.24, 2.45) is 5.41 Å². The largest absolute Gasteiger partial charge is 0.497 e. The molecule has 2 rings (SSSR count). The van der Waals surface area contributed by atoms with Crippen molar-refractivity contribution in [2.45, 2.75) is 33.4 Å². The van der Waals surface area contributed by atoms with Crippen LogP contribution in [0.4, 0.5) is 0 Å². The van der Waals surface area contributed by atoms with E-state index in [9.17, 15) is 0 Å². The van der Waals surface area contributed by atoms with Crippen LogP contribution in [-0.2, 0) is 6.54 Å². The third-order valence-corrected chi connectivity index (χ3v) is 3.90. The predicted octanol–water partition coefficient (Wildman–Crippen LogP) is 2.52. The topological polar surface area (TPSA) is 24.5 Å². The summed E-state index contributed by atoms with van der Waals surface area (Å²) in [5.41, 5.74) is 1.66. The Kier molecular flexibility index (Phi) is 4.48. The summed E-state index contributed by atoms with van der Waals surface area (Å²) >= 11 is 0. The third-order valence-electron chi connectivity index (χ3n) is 3.90. The van der Waals surface area contributed by atoms with Crippen molar-refractivity contribution in [3.8, 4) is 5.75 Å². The van der Waals surface area contributed by atoms with Gasteiger partial charge < -0.3 is 10.1 Å². The van der Waals surface area contributed by atoms with Crippen molar-refractivity contribution in [3.63, 3.8) is 0 Å². The molecule has 1 aliphatic rings. The molecule has 1 heterocycles. The van der Waals surface area contributed by atoms with Gasteiger partial charge in [0, 0.05) is 32.2 Å². The average molecular weight is 262 g/mol. The summed E-state index contributed by atoms with van der Waals surface area (Å²) < 4.78 is 5.21. The van der Waals surface area contributed by atoms with Gasteiger partial charge in [0.25, 0.3) is 0 Å². The number of hydrogen-bond donors (Lipinski definition) is 1. The molecule has 0 aliphatic carbocycles. The second-order valence-electron chi connectivity index (χ2n) is 6.40. The van der Waals surface area contributed by atoms with E-state index in [4.69, 9.17) is 4.74 Å². The summed E-state index contributed by atoms with van der Waals surface area (Å²) in [4.78, 5) is 2.60. The van der Waals surface area contributed by atoms with E-state index >= 15 is 0 Å². The maximum absolute atomic E-state index is 5.21. The van der Waals surface area contributed by atoms with Gasteiger partial charge in [-0.1, -0.05) is 32.9 Å². The predicted molar refractivity (Wildman–Crippen MR) is 79.5 cm³/mol. The van der Waals surface area contributed by atoms with E-state index in [2.05, 4.69) is 43.1 Å². The number of nitrogens with one attached hydrogen (secondary N) is 1. The highest BCUT2D eigenvalue weighted by Crippen LogP contribution is 2.27. The number of ether oxygens (including phenoxy) is 1. The summed E-state index contributed by atoms with van der Waals surface area (Å²) in [6, 6.07) is 9.01. The molecule has 0 aromatic heterocycles. The van der Waals surface area contributed by atoms with Crippen molar-refractivity contribution in [2.75, 3.05) is 26.7 Å². The first-order valence-electron chi connectivity index (χ1n) is 7.08. The van der Waals surface area contributed by atoms with Gasteiger partial charge >= 0.3 is 0 Å². The molecule has 1 N–H and O–H groups in total. The van der Waals surface area contributed by atoms with Gasteiger partial charge in [-0.15, -0.1) is 0 Å². The van der Waals surface area contributed by atoms with Gasteiger partial charge in [-0.25, -0.2) is 0 Å². The Morgan fingerprint density at radius 1 is 1.26 bits per heavy atom. The molecule has 1 atom stereocenters. The lowest BCUT2D eigenvalue weighted by Crippen LogP contribution is -2.56. The molecule has 3 nitrogen and oxygen atoms in total. The number of methoxy groups -OCH3 is 1. The average Bonchev–Trinajstić information content (AvgIpc) is 2.39. The molecule has 1 unspecified atom stereocenters. The van der Waals surface area contributed by atoms with Crippen LogP contribution in [0.2, 0.25) is 0 Å². The fourth-order valence-corrected chi connectivity index (χ4v) is 2.75. The van der Waals surface area contributed by atoms with Crippen molar-refractivity contribution >= 4 is 0 Å². The van der Waals surface area contributed by atoms with Gasteiger partial charge in [0.15, 0.2) is 0 Å². The van der Waals surface area contributed by atoms with Crippen LogP contribution in [0.5, 0.6) is 5.75 Å². The van der Waals surface area contributed by atoms with Crippen molar-refractivity contribution in [1.29, 1.82) is 0 Å². The zero-order valence-corrected chi connectivity index (χ0v) is 12.6. The molecule has 0 saturated carbocycles. The number of benzene rings is 1. The number of rotatable bonds is 3. The van der Waals surface area contributed by atoms with Gasteiger partial charge in [0.1, 0.15) is 5.75 Å². The minimum atomic E-state index is 0.305. The van der Waals surface area contributed by atoms with Crippen LogP contribution in [0, 0.1) is 5.41 Å². The molecule has 3 heteroatoms. The van der Waals surface area contributed by atoms with Crippen LogP contribution in [0.1, 0.15) is 26.3 Å². The van der Waals surface area contributed by atoms with E-state index in [0.29, 0.717) is 11.5 Å². The van der Waals surface area contributed by atoms with Gasteiger partial charge in [-0.3, -0.25) is 4.90 Å². The molecule has 1 aromatic carbocycles. The molecular weight excluding hydrogens is 236 g/mol. The number of nitrogens with zero attached hydrogens (tertiary/aromatic N) is 1. The molecule has 1 fully saturated rings. The van der Waals surface area contributed by atoms with E-state index in [1.54, 1.807) is 7.11 Å². The lowest BCUT2D eigenvalue weighted by molar-refractivity contribution is 0.0689. The van der Waals surface area contributed by atoms with Gasteiger partial charge in [0.2, 0.25) is 0 Å². The lowest BCUT2D eigenvalue weighted by Gasteiger charge is -2.43. The third kappa shape index (κ3) is 3.71. The fraction of sp³-hybridized carbons (Fsp3) is 0.625. The Hall–Kier alpha value is -1.06. The molecule has 0 spiro atoms. The van der Waals surface area contributed by atoms with E-state index in [1.165, 1.54) is 5.56 Å². The molecule has 1 aromatic rings. The summed E-state index contributed by atoms with van der Waals surface area (Å²) in [6.07, 6.45) is 0. The van der Waals surface area contributed by atoms with Crippen LogP contribution in [0.3, 0.4) is 0 Å². The Bertz CT molecular complexity index is 394. The normalized spacial score (nSPS) is 21.4. The molecule has 0 bridgehead atoms. The van der Waals surface area contributed by atoms with Crippen molar-refractivity contribution < 1.29 is 4.74 Å². The number of piperazine rings is 1. The first kappa shape index (κ1) is 14.4. The van der Waals surface area contributed by atoms with Crippen molar-refractivity contribution in [1.82, 2.24) is 10.2 Å². The van der Waals surface area contributed by atoms with E-state index < -0.39 is 0 Å².